The summed E-state index contributed by atoms with van der Waals surface area (Å²) in [6, 6.07) is 7.80. The number of ether oxygens (including phenoxy) is 1. The van der Waals surface area contributed by atoms with Crippen LogP contribution in [0.5, 0.6) is 5.75 Å². The summed E-state index contributed by atoms with van der Waals surface area (Å²) in [7, 11) is 1.86. The highest BCUT2D eigenvalue weighted by Gasteiger charge is 2.29. The minimum Gasteiger partial charge on any atom is -0.493 e. The summed E-state index contributed by atoms with van der Waals surface area (Å²) in [6.45, 7) is 1.58. The van der Waals surface area contributed by atoms with Crippen LogP contribution in [0.15, 0.2) is 24.3 Å². The van der Waals surface area contributed by atoms with E-state index in [-0.39, 0.29) is 18.4 Å². The molecule has 1 aromatic carbocycles. The predicted octanol–water partition coefficient (Wildman–Crippen LogP) is 2.17. The summed E-state index contributed by atoms with van der Waals surface area (Å²) in [5.41, 5.74) is 1.01. The molecular weight excluding hydrogens is 254 g/mol. The van der Waals surface area contributed by atoms with E-state index >= 15 is 0 Å². The normalized spacial score (nSPS) is 17.2. The molecule has 1 amide bonds. The fourth-order valence-electron chi connectivity index (χ4n) is 2.61. The minimum absolute atomic E-state index is 0.0807. The second kappa shape index (κ2) is 7.29. The fraction of sp³-hybridized carbons (Fsp3) is 0.562. The van der Waals surface area contributed by atoms with Gasteiger partial charge >= 0.3 is 0 Å². The lowest BCUT2D eigenvalue weighted by Gasteiger charge is -2.28. The van der Waals surface area contributed by atoms with Crippen molar-refractivity contribution in [3.63, 3.8) is 0 Å². The van der Waals surface area contributed by atoms with E-state index in [1.807, 2.05) is 36.2 Å². The molecule has 0 aromatic heterocycles. The number of para-hydroxylation sites is 1. The van der Waals surface area contributed by atoms with Crippen molar-refractivity contribution in [2.45, 2.75) is 31.6 Å². The third-order valence-corrected chi connectivity index (χ3v) is 3.78. The van der Waals surface area contributed by atoms with E-state index in [1.165, 1.54) is 0 Å². The molecule has 0 bridgehead atoms. The molecule has 1 aliphatic rings. The molecule has 0 radical (unpaired) electrons. The summed E-state index contributed by atoms with van der Waals surface area (Å²) in [4.78, 5) is 14.4. The molecule has 1 aliphatic heterocycles. The number of carbonyl (C=O) groups excluding carboxylic acids is 1. The Labute approximate surface area is 120 Å². The summed E-state index contributed by atoms with van der Waals surface area (Å²) in [6.07, 6.45) is 3.45. The number of fused-ring (bicyclic) bond motifs is 1. The van der Waals surface area contributed by atoms with Crippen molar-refractivity contribution >= 4 is 5.91 Å². The van der Waals surface area contributed by atoms with Gasteiger partial charge in [-0.1, -0.05) is 18.2 Å². The van der Waals surface area contributed by atoms with Crippen LogP contribution in [0.25, 0.3) is 0 Å². The number of benzene rings is 1. The maximum absolute atomic E-state index is 12.5. The maximum Gasteiger partial charge on any atom is 0.230 e. The smallest absolute Gasteiger partial charge is 0.230 e. The molecule has 1 unspecified atom stereocenters. The summed E-state index contributed by atoms with van der Waals surface area (Å²) in [5, 5.41) is 8.76. The first-order valence-electron chi connectivity index (χ1n) is 7.31. The Kier molecular flexibility index (Phi) is 5.41. The van der Waals surface area contributed by atoms with Gasteiger partial charge in [0, 0.05) is 25.8 Å². The van der Waals surface area contributed by atoms with E-state index in [0.29, 0.717) is 6.61 Å². The third kappa shape index (κ3) is 3.51. The highest BCUT2D eigenvalue weighted by atomic mass is 16.5. The second-order valence-electron chi connectivity index (χ2n) is 5.27. The third-order valence-electron chi connectivity index (χ3n) is 3.78. The Bertz CT molecular complexity index is 447. The lowest BCUT2D eigenvalue weighted by atomic mass is 9.92. The molecular formula is C16H23NO3. The zero-order valence-corrected chi connectivity index (χ0v) is 12.0. The van der Waals surface area contributed by atoms with Gasteiger partial charge in [0.1, 0.15) is 5.75 Å². The van der Waals surface area contributed by atoms with E-state index < -0.39 is 0 Å². The van der Waals surface area contributed by atoms with Gasteiger partial charge in [-0.3, -0.25) is 4.79 Å². The van der Waals surface area contributed by atoms with Crippen LogP contribution in [-0.2, 0) is 4.79 Å². The van der Waals surface area contributed by atoms with E-state index in [2.05, 4.69) is 0 Å². The van der Waals surface area contributed by atoms with Crippen LogP contribution in [0.3, 0.4) is 0 Å². The van der Waals surface area contributed by atoms with Crippen molar-refractivity contribution in [2.24, 2.45) is 0 Å². The number of unbranched alkanes of at least 4 members (excludes halogenated alkanes) is 2. The van der Waals surface area contributed by atoms with E-state index in [9.17, 15) is 4.79 Å². The van der Waals surface area contributed by atoms with Gasteiger partial charge in [-0.05, 0) is 31.7 Å². The molecule has 0 saturated heterocycles. The monoisotopic (exact) mass is 277 g/mol. The van der Waals surface area contributed by atoms with Crippen molar-refractivity contribution in [3.05, 3.63) is 29.8 Å². The van der Waals surface area contributed by atoms with Gasteiger partial charge in [0.2, 0.25) is 5.91 Å². The molecule has 1 aromatic rings. The summed E-state index contributed by atoms with van der Waals surface area (Å²) in [5.74, 6) is 0.929. The number of rotatable bonds is 6. The van der Waals surface area contributed by atoms with Crippen molar-refractivity contribution in [2.75, 3.05) is 26.8 Å². The lowest BCUT2D eigenvalue weighted by Crippen LogP contribution is -2.34. The average Bonchev–Trinajstić information content (AvgIpc) is 2.50. The van der Waals surface area contributed by atoms with E-state index in [1.54, 1.807) is 0 Å². The lowest BCUT2D eigenvalue weighted by molar-refractivity contribution is -0.132. The molecule has 110 valence electrons. The highest BCUT2D eigenvalue weighted by Crippen LogP contribution is 2.34. The first-order chi connectivity index (χ1) is 9.74. The first kappa shape index (κ1) is 14.9. The fourth-order valence-corrected chi connectivity index (χ4v) is 2.61. The molecule has 0 spiro atoms. The number of likely N-dealkylation sites (N-methyl/N-ethyl adjacent to an activating group) is 1. The average molecular weight is 277 g/mol. The van der Waals surface area contributed by atoms with Crippen LogP contribution in [0.1, 0.15) is 37.2 Å². The Morgan fingerprint density at radius 2 is 2.15 bits per heavy atom. The zero-order chi connectivity index (χ0) is 14.4. The topological polar surface area (TPSA) is 49.8 Å². The predicted molar refractivity (Wildman–Crippen MR) is 77.9 cm³/mol. The van der Waals surface area contributed by atoms with E-state index in [4.69, 9.17) is 9.84 Å². The molecule has 0 fully saturated rings. The number of amides is 1. The van der Waals surface area contributed by atoms with E-state index in [0.717, 1.165) is 43.5 Å². The second-order valence-corrected chi connectivity index (χ2v) is 5.27. The van der Waals surface area contributed by atoms with Crippen molar-refractivity contribution in [3.8, 4) is 5.75 Å². The summed E-state index contributed by atoms with van der Waals surface area (Å²) < 4.78 is 5.60. The number of hydrogen-bond donors (Lipinski definition) is 1. The van der Waals surface area contributed by atoms with Crippen LogP contribution in [0, 0.1) is 0 Å². The van der Waals surface area contributed by atoms with Crippen LogP contribution >= 0.6 is 0 Å². The molecule has 1 N–H and O–H groups in total. The van der Waals surface area contributed by atoms with Crippen molar-refractivity contribution < 1.29 is 14.6 Å². The van der Waals surface area contributed by atoms with Crippen LogP contribution in [0.4, 0.5) is 0 Å². The highest BCUT2D eigenvalue weighted by molar-refractivity contribution is 5.84. The van der Waals surface area contributed by atoms with Gasteiger partial charge < -0.3 is 14.7 Å². The van der Waals surface area contributed by atoms with Gasteiger partial charge in [-0.15, -0.1) is 0 Å². The Morgan fingerprint density at radius 3 is 2.95 bits per heavy atom. The van der Waals surface area contributed by atoms with Gasteiger partial charge in [-0.25, -0.2) is 0 Å². The minimum atomic E-state index is -0.0807. The van der Waals surface area contributed by atoms with Crippen LogP contribution in [-0.4, -0.2) is 42.7 Å². The molecule has 2 rings (SSSR count). The van der Waals surface area contributed by atoms with Crippen LogP contribution in [0.2, 0.25) is 0 Å². The maximum atomic E-state index is 12.5. The zero-order valence-electron chi connectivity index (χ0n) is 12.0. The van der Waals surface area contributed by atoms with Crippen molar-refractivity contribution in [1.29, 1.82) is 0 Å². The molecule has 0 saturated carbocycles. The molecule has 1 atom stereocenters. The SMILES string of the molecule is CN(CCCCCO)C(=O)C1CCOc2ccccc21. The quantitative estimate of drug-likeness (QED) is 0.811. The standard InChI is InChI=1S/C16H23NO3/c1-17(10-5-2-6-11-18)16(19)14-9-12-20-15-8-4-3-7-13(14)15/h3-4,7-8,14,18H,2,5-6,9-12H2,1H3. The molecule has 4 nitrogen and oxygen atoms in total. The number of nitrogens with zero attached hydrogens (tertiary/aromatic N) is 1. The molecule has 20 heavy (non-hydrogen) atoms. The summed E-state index contributed by atoms with van der Waals surface area (Å²) >= 11 is 0. The Balaban J connectivity index is 1.96. The Morgan fingerprint density at radius 1 is 1.35 bits per heavy atom. The van der Waals surface area contributed by atoms with Crippen LogP contribution < -0.4 is 4.74 Å². The Hall–Kier alpha value is -1.55. The largest absolute Gasteiger partial charge is 0.493 e. The number of aliphatic hydroxyl groups excluding tert-OH is 1. The van der Waals surface area contributed by atoms with Gasteiger partial charge in [0.05, 0.1) is 12.5 Å². The number of aliphatic hydroxyl groups is 1. The van der Waals surface area contributed by atoms with Crippen molar-refractivity contribution in [1.82, 2.24) is 4.90 Å². The molecule has 4 heteroatoms. The van der Waals surface area contributed by atoms with Gasteiger partial charge in [-0.2, -0.15) is 0 Å². The van der Waals surface area contributed by atoms with Gasteiger partial charge in [0.25, 0.3) is 0 Å². The molecule has 0 aliphatic carbocycles. The first-order valence-corrected chi connectivity index (χ1v) is 7.31. The van der Waals surface area contributed by atoms with Gasteiger partial charge in [0.15, 0.2) is 0 Å². The number of carbonyl (C=O) groups is 1. The molecule has 1 heterocycles. The number of hydrogen-bond acceptors (Lipinski definition) is 3.